The van der Waals surface area contributed by atoms with Crippen LogP contribution in [0.5, 0.6) is 0 Å². The molecule has 1 amide bonds. The van der Waals surface area contributed by atoms with Crippen molar-refractivity contribution in [1.29, 1.82) is 0 Å². The molecular formula is C21H27N3O2S2. The van der Waals surface area contributed by atoms with Gasteiger partial charge in [-0.2, -0.15) is 0 Å². The Labute approximate surface area is 174 Å². The summed E-state index contributed by atoms with van der Waals surface area (Å²) in [5.74, 6) is 1.34. The molecule has 1 unspecified atom stereocenters. The first kappa shape index (κ1) is 19.9. The molecule has 7 heteroatoms. The van der Waals surface area contributed by atoms with Gasteiger partial charge in [0.25, 0.3) is 5.91 Å². The molecule has 5 nitrogen and oxygen atoms in total. The van der Waals surface area contributed by atoms with Crippen LogP contribution in [0.3, 0.4) is 0 Å². The molecule has 1 saturated heterocycles. The summed E-state index contributed by atoms with van der Waals surface area (Å²) in [5.41, 5.74) is 1.97. The van der Waals surface area contributed by atoms with Gasteiger partial charge in [-0.1, -0.05) is 13.8 Å². The molecule has 1 spiro atoms. The number of thioether (sulfide) groups is 1. The van der Waals surface area contributed by atoms with Crippen LogP contribution in [0.25, 0.3) is 0 Å². The minimum atomic E-state index is -0.204. The number of ether oxygens (including phenoxy) is 1. The molecule has 2 aliphatic heterocycles. The third-order valence-corrected chi connectivity index (χ3v) is 7.69. The SMILES string of the molecule is CCSc1ccc(CNC(=O)c2cc3c(s2)C2(CCNCC2)OCC3C)nc1. The van der Waals surface area contributed by atoms with Crippen molar-refractivity contribution < 1.29 is 9.53 Å². The van der Waals surface area contributed by atoms with E-state index in [9.17, 15) is 4.79 Å². The molecule has 0 aliphatic carbocycles. The number of fused-ring (bicyclic) bond motifs is 2. The Morgan fingerprint density at radius 3 is 2.96 bits per heavy atom. The van der Waals surface area contributed by atoms with Gasteiger partial charge in [-0.25, -0.2) is 0 Å². The zero-order valence-electron chi connectivity index (χ0n) is 16.4. The highest BCUT2D eigenvalue weighted by atomic mass is 32.2. The Hall–Kier alpha value is -1.41. The van der Waals surface area contributed by atoms with Gasteiger partial charge in [0.15, 0.2) is 0 Å². The lowest BCUT2D eigenvalue weighted by atomic mass is 9.83. The normalized spacial score (nSPS) is 20.7. The van der Waals surface area contributed by atoms with Crippen molar-refractivity contribution in [2.45, 2.75) is 49.6 Å². The standard InChI is InChI=1S/C21H27N3O2S2/c1-3-27-16-5-4-15(23-12-16)11-24-20(25)18-10-17-14(2)13-26-21(19(17)28-18)6-8-22-9-7-21/h4-5,10,12,14,22H,3,6-9,11,13H2,1-2H3,(H,24,25). The van der Waals surface area contributed by atoms with Crippen molar-refractivity contribution in [2.24, 2.45) is 0 Å². The van der Waals surface area contributed by atoms with E-state index in [0.29, 0.717) is 12.5 Å². The van der Waals surface area contributed by atoms with Gasteiger partial charge in [0.05, 0.1) is 23.7 Å². The van der Waals surface area contributed by atoms with E-state index in [4.69, 9.17) is 4.74 Å². The molecule has 2 N–H and O–H groups in total. The van der Waals surface area contributed by atoms with Gasteiger partial charge in [-0.3, -0.25) is 9.78 Å². The zero-order valence-corrected chi connectivity index (χ0v) is 18.0. The first-order valence-corrected chi connectivity index (χ1v) is 11.8. The highest BCUT2D eigenvalue weighted by Gasteiger charge is 2.43. The third kappa shape index (κ3) is 3.99. The minimum Gasteiger partial charge on any atom is -0.369 e. The fourth-order valence-corrected chi connectivity index (χ4v) is 5.93. The minimum absolute atomic E-state index is 0.0236. The van der Waals surface area contributed by atoms with Crippen LogP contribution in [0.2, 0.25) is 0 Å². The molecule has 150 valence electrons. The van der Waals surface area contributed by atoms with Gasteiger partial charge in [-0.05, 0) is 55.4 Å². The number of nitrogens with zero attached hydrogens (tertiary/aromatic N) is 1. The molecular weight excluding hydrogens is 390 g/mol. The predicted octanol–water partition coefficient (Wildman–Crippen LogP) is 3.90. The number of hydrogen-bond donors (Lipinski definition) is 2. The largest absolute Gasteiger partial charge is 0.369 e. The first-order chi connectivity index (χ1) is 13.6. The number of carbonyl (C=O) groups is 1. The van der Waals surface area contributed by atoms with Crippen LogP contribution in [0.1, 0.15) is 58.4 Å². The fraction of sp³-hybridized carbons (Fsp3) is 0.524. The van der Waals surface area contributed by atoms with Crippen LogP contribution in [-0.2, 0) is 16.9 Å². The Morgan fingerprint density at radius 1 is 1.43 bits per heavy atom. The molecule has 4 heterocycles. The van der Waals surface area contributed by atoms with Crippen molar-refractivity contribution >= 4 is 29.0 Å². The Balaban J connectivity index is 1.47. The molecule has 28 heavy (non-hydrogen) atoms. The summed E-state index contributed by atoms with van der Waals surface area (Å²) in [6.45, 7) is 7.41. The van der Waals surface area contributed by atoms with E-state index in [1.165, 1.54) is 10.4 Å². The highest BCUT2D eigenvalue weighted by molar-refractivity contribution is 7.99. The summed E-state index contributed by atoms with van der Waals surface area (Å²) in [4.78, 5) is 20.4. The average Bonchev–Trinajstić information content (AvgIpc) is 3.19. The quantitative estimate of drug-likeness (QED) is 0.723. The number of piperidine rings is 1. The van der Waals surface area contributed by atoms with Crippen LogP contribution in [0, 0.1) is 0 Å². The van der Waals surface area contributed by atoms with Crippen LogP contribution in [-0.4, -0.2) is 36.3 Å². The van der Waals surface area contributed by atoms with Gasteiger partial charge in [-0.15, -0.1) is 23.1 Å². The molecule has 4 rings (SSSR count). The Morgan fingerprint density at radius 2 is 2.25 bits per heavy atom. The Kier molecular flexibility index (Phi) is 6.06. The number of carbonyl (C=O) groups excluding carboxylic acids is 1. The van der Waals surface area contributed by atoms with Crippen LogP contribution in [0.15, 0.2) is 29.3 Å². The smallest absolute Gasteiger partial charge is 0.261 e. The third-order valence-electron chi connectivity index (χ3n) is 5.49. The van der Waals surface area contributed by atoms with Gasteiger partial charge < -0.3 is 15.4 Å². The summed E-state index contributed by atoms with van der Waals surface area (Å²) in [5, 5.41) is 6.45. The summed E-state index contributed by atoms with van der Waals surface area (Å²) >= 11 is 3.37. The number of thiophene rings is 1. The van der Waals surface area contributed by atoms with E-state index in [1.807, 2.05) is 12.3 Å². The molecule has 0 bridgehead atoms. The lowest BCUT2D eigenvalue weighted by Crippen LogP contribution is -2.44. The van der Waals surface area contributed by atoms with Crippen molar-refractivity contribution in [3.05, 3.63) is 45.4 Å². The van der Waals surface area contributed by atoms with E-state index < -0.39 is 0 Å². The number of aromatic nitrogens is 1. The second kappa shape index (κ2) is 8.53. The molecule has 2 aliphatic rings. The molecule has 0 aromatic carbocycles. The van der Waals surface area contributed by atoms with E-state index in [0.717, 1.165) is 53.8 Å². The predicted molar refractivity (Wildman–Crippen MR) is 114 cm³/mol. The maximum Gasteiger partial charge on any atom is 0.261 e. The second-order valence-corrected chi connectivity index (χ2v) is 9.84. The second-order valence-electron chi connectivity index (χ2n) is 7.45. The maximum atomic E-state index is 12.8. The van der Waals surface area contributed by atoms with Gasteiger partial charge in [0.1, 0.15) is 5.60 Å². The van der Waals surface area contributed by atoms with Crippen molar-refractivity contribution in [2.75, 3.05) is 25.4 Å². The van der Waals surface area contributed by atoms with Crippen LogP contribution >= 0.6 is 23.1 Å². The average molecular weight is 418 g/mol. The van der Waals surface area contributed by atoms with Gasteiger partial charge >= 0.3 is 0 Å². The number of rotatable bonds is 5. The Bertz CT molecular complexity index is 829. The zero-order chi connectivity index (χ0) is 19.6. The van der Waals surface area contributed by atoms with Gasteiger partial charge in [0, 0.05) is 21.9 Å². The monoisotopic (exact) mass is 417 g/mol. The molecule has 1 atom stereocenters. The first-order valence-electron chi connectivity index (χ1n) is 9.96. The number of pyridine rings is 1. The van der Waals surface area contributed by atoms with Crippen LogP contribution < -0.4 is 10.6 Å². The van der Waals surface area contributed by atoms with E-state index in [-0.39, 0.29) is 11.5 Å². The fourth-order valence-electron chi connectivity index (χ4n) is 3.91. The number of nitrogens with one attached hydrogen (secondary N) is 2. The van der Waals surface area contributed by atoms with Gasteiger partial charge in [0.2, 0.25) is 0 Å². The lowest BCUT2D eigenvalue weighted by Gasteiger charge is -2.42. The van der Waals surface area contributed by atoms with E-state index >= 15 is 0 Å². The lowest BCUT2D eigenvalue weighted by molar-refractivity contribution is -0.0842. The molecule has 2 aromatic rings. The molecule has 0 saturated carbocycles. The van der Waals surface area contributed by atoms with Crippen molar-refractivity contribution in [1.82, 2.24) is 15.6 Å². The number of hydrogen-bond acceptors (Lipinski definition) is 6. The summed E-state index contributed by atoms with van der Waals surface area (Å²) in [6.07, 6.45) is 3.82. The maximum absolute atomic E-state index is 12.8. The number of amides is 1. The summed E-state index contributed by atoms with van der Waals surface area (Å²) < 4.78 is 6.33. The highest BCUT2D eigenvalue weighted by Crippen LogP contribution is 2.47. The summed E-state index contributed by atoms with van der Waals surface area (Å²) in [6, 6.07) is 6.13. The van der Waals surface area contributed by atoms with E-state index in [2.05, 4.69) is 41.6 Å². The summed E-state index contributed by atoms with van der Waals surface area (Å²) in [7, 11) is 0. The van der Waals surface area contributed by atoms with Crippen LogP contribution in [0.4, 0.5) is 0 Å². The van der Waals surface area contributed by atoms with Crippen molar-refractivity contribution in [3.63, 3.8) is 0 Å². The van der Waals surface area contributed by atoms with E-state index in [1.54, 1.807) is 23.1 Å². The van der Waals surface area contributed by atoms with Crippen molar-refractivity contribution in [3.8, 4) is 0 Å². The molecule has 0 radical (unpaired) electrons. The molecule has 2 aromatic heterocycles. The topological polar surface area (TPSA) is 63.2 Å². The molecule has 1 fully saturated rings.